The Morgan fingerprint density at radius 3 is 3.31 bits per heavy atom. The zero-order valence-corrected chi connectivity index (χ0v) is 7.86. The summed E-state index contributed by atoms with van der Waals surface area (Å²) in [5.74, 6) is 0. The summed E-state index contributed by atoms with van der Waals surface area (Å²) < 4.78 is 7.32. The smallest absolute Gasteiger partial charge is 0.0638 e. The lowest BCUT2D eigenvalue weighted by molar-refractivity contribution is 0.0702. The van der Waals surface area contributed by atoms with E-state index in [-0.39, 0.29) is 0 Å². The normalized spacial score (nSPS) is 23.3. The van der Waals surface area contributed by atoms with E-state index in [2.05, 4.69) is 16.6 Å². The lowest BCUT2D eigenvalue weighted by Gasteiger charge is -2.23. The Kier molecular flexibility index (Phi) is 2.61. The summed E-state index contributed by atoms with van der Waals surface area (Å²) in [4.78, 5) is 0. The molecular weight excluding hydrogens is 166 g/mol. The zero-order valence-electron chi connectivity index (χ0n) is 7.86. The second-order valence-corrected chi connectivity index (χ2v) is 3.47. The van der Waals surface area contributed by atoms with E-state index in [0.717, 1.165) is 26.3 Å². The second kappa shape index (κ2) is 3.89. The third kappa shape index (κ3) is 2.29. The summed E-state index contributed by atoms with van der Waals surface area (Å²) in [7, 11) is 0. The van der Waals surface area contributed by atoms with Gasteiger partial charge in [0.15, 0.2) is 0 Å². The Hall–Kier alpha value is -0.870. The van der Waals surface area contributed by atoms with Crippen molar-refractivity contribution in [2.45, 2.75) is 19.5 Å². The van der Waals surface area contributed by atoms with Crippen LogP contribution in [0.15, 0.2) is 12.4 Å². The monoisotopic (exact) mass is 181 g/mol. The molecule has 0 radical (unpaired) electrons. The molecular formula is C9H15N3O. The van der Waals surface area contributed by atoms with Crippen molar-refractivity contribution in [1.29, 1.82) is 0 Å². The van der Waals surface area contributed by atoms with E-state index in [1.165, 1.54) is 5.56 Å². The highest BCUT2D eigenvalue weighted by atomic mass is 16.5. The van der Waals surface area contributed by atoms with Crippen LogP contribution in [-0.4, -0.2) is 35.6 Å². The molecule has 1 N–H and O–H groups in total. The topological polar surface area (TPSA) is 39.1 Å². The number of morpholine rings is 1. The lowest BCUT2D eigenvalue weighted by Crippen LogP contribution is -2.43. The van der Waals surface area contributed by atoms with Crippen molar-refractivity contribution in [1.82, 2.24) is 15.1 Å². The molecule has 1 unspecified atom stereocenters. The summed E-state index contributed by atoms with van der Waals surface area (Å²) in [5.41, 5.74) is 1.21. The van der Waals surface area contributed by atoms with Crippen LogP contribution in [-0.2, 0) is 11.3 Å². The van der Waals surface area contributed by atoms with Gasteiger partial charge in [0.2, 0.25) is 0 Å². The van der Waals surface area contributed by atoms with Crippen molar-refractivity contribution >= 4 is 0 Å². The molecule has 2 heterocycles. The van der Waals surface area contributed by atoms with Crippen molar-refractivity contribution in [2.75, 3.05) is 19.8 Å². The molecule has 2 rings (SSSR count). The minimum atomic E-state index is 0.410. The fourth-order valence-electron chi connectivity index (χ4n) is 1.53. The Bertz CT molecular complexity index is 266. The van der Waals surface area contributed by atoms with E-state index in [1.54, 1.807) is 0 Å². The van der Waals surface area contributed by atoms with Crippen LogP contribution in [0.4, 0.5) is 0 Å². The molecule has 0 saturated carbocycles. The van der Waals surface area contributed by atoms with E-state index in [4.69, 9.17) is 4.74 Å². The van der Waals surface area contributed by atoms with E-state index < -0.39 is 0 Å². The van der Waals surface area contributed by atoms with Gasteiger partial charge in [-0.1, -0.05) is 0 Å². The van der Waals surface area contributed by atoms with E-state index >= 15 is 0 Å². The van der Waals surface area contributed by atoms with Gasteiger partial charge in [0.05, 0.1) is 32.0 Å². The summed E-state index contributed by atoms with van der Waals surface area (Å²) in [5, 5.41) is 7.62. The van der Waals surface area contributed by atoms with Crippen LogP contribution in [0.5, 0.6) is 0 Å². The minimum Gasteiger partial charge on any atom is -0.378 e. The van der Waals surface area contributed by atoms with Gasteiger partial charge < -0.3 is 10.1 Å². The van der Waals surface area contributed by atoms with Crippen LogP contribution >= 0.6 is 0 Å². The standard InChI is InChI=1S/C9H15N3O/c1-8-4-11-12(5-8)6-9-7-13-3-2-10-9/h4-5,9-10H,2-3,6-7H2,1H3. The average molecular weight is 181 g/mol. The first kappa shape index (κ1) is 8.72. The highest BCUT2D eigenvalue weighted by Crippen LogP contribution is 1.99. The molecule has 1 aromatic heterocycles. The third-order valence-electron chi connectivity index (χ3n) is 2.17. The largest absolute Gasteiger partial charge is 0.378 e. The summed E-state index contributed by atoms with van der Waals surface area (Å²) in [6.07, 6.45) is 3.93. The van der Waals surface area contributed by atoms with Crippen molar-refractivity contribution in [3.05, 3.63) is 18.0 Å². The summed E-state index contributed by atoms with van der Waals surface area (Å²) in [6.45, 7) is 5.51. The molecule has 1 atom stereocenters. The van der Waals surface area contributed by atoms with Gasteiger partial charge in [-0.25, -0.2) is 0 Å². The van der Waals surface area contributed by atoms with Crippen LogP contribution in [0.1, 0.15) is 5.56 Å². The minimum absolute atomic E-state index is 0.410. The first-order chi connectivity index (χ1) is 6.34. The SMILES string of the molecule is Cc1cnn(CC2COCCN2)c1. The number of ether oxygens (including phenoxy) is 1. The van der Waals surface area contributed by atoms with Gasteiger partial charge in [0.25, 0.3) is 0 Å². The predicted molar refractivity (Wildman–Crippen MR) is 49.6 cm³/mol. The fourth-order valence-corrected chi connectivity index (χ4v) is 1.53. The van der Waals surface area contributed by atoms with Crippen LogP contribution in [0, 0.1) is 6.92 Å². The van der Waals surface area contributed by atoms with Crippen molar-refractivity contribution in [2.24, 2.45) is 0 Å². The van der Waals surface area contributed by atoms with Gasteiger partial charge in [0, 0.05) is 12.7 Å². The van der Waals surface area contributed by atoms with Gasteiger partial charge in [-0.05, 0) is 12.5 Å². The molecule has 1 saturated heterocycles. The summed E-state index contributed by atoms with van der Waals surface area (Å²) in [6, 6.07) is 0.410. The summed E-state index contributed by atoms with van der Waals surface area (Å²) >= 11 is 0. The third-order valence-corrected chi connectivity index (χ3v) is 2.17. The van der Waals surface area contributed by atoms with Crippen molar-refractivity contribution in [3.8, 4) is 0 Å². The Labute approximate surface area is 77.9 Å². The molecule has 1 aliphatic heterocycles. The van der Waals surface area contributed by atoms with E-state index in [9.17, 15) is 0 Å². The van der Waals surface area contributed by atoms with Crippen LogP contribution < -0.4 is 5.32 Å². The highest BCUT2D eigenvalue weighted by molar-refractivity contribution is 4.99. The molecule has 0 amide bonds. The number of aromatic nitrogens is 2. The molecule has 1 aromatic rings. The number of hydrogen-bond donors (Lipinski definition) is 1. The molecule has 0 aromatic carbocycles. The first-order valence-electron chi connectivity index (χ1n) is 4.65. The van der Waals surface area contributed by atoms with E-state index in [1.807, 2.05) is 17.8 Å². The van der Waals surface area contributed by atoms with Crippen molar-refractivity contribution in [3.63, 3.8) is 0 Å². The average Bonchev–Trinajstić information content (AvgIpc) is 2.53. The second-order valence-electron chi connectivity index (χ2n) is 3.47. The fraction of sp³-hybridized carbons (Fsp3) is 0.667. The molecule has 1 aliphatic rings. The van der Waals surface area contributed by atoms with Crippen LogP contribution in [0.3, 0.4) is 0 Å². The Balaban J connectivity index is 1.89. The maximum Gasteiger partial charge on any atom is 0.0638 e. The Morgan fingerprint density at radius 2 is 2.69 bits per heavy atom. The van der Waals surface area contributed by atoms with Gasteiger partial charge in [-0.3, -0.25) is 4.68 Å². The van der Waals surface area contributed by atoms with Gasteiger partial charge in [0.1, 0.15) is 0 Å². The molecule has 0 spiro atoms. The molecule has 0 aliphatic carbocycles. The number of rotatable bonds is 2. The van der Waals surface area contributed by atoms with Gasteiger partial charge in [-0.15, -0.1) is 0 Å². The van der Waals surface area contributed by atoms with Gasteiger partial charge >= 0.3 is 0 Å². The molecule has 4 heteroatoms. The number of aryl methyl sites for hydroxylation is 1. The molecule has 1 fully saturated rings. The Morgan fingerprint density at radius 1 is 1.77 bits per heavy atom. The predicted octanol–water partition coefficient (Wildman–Crippen LogP) is 0.180. The molecule has 72 valence electrons. The number of hydrogen-bond acceptors (Lipinski definition) is 3. The number of nitrogens with one attached hydrogen (secondary N) is 1. The zero-order chi connectivity index (χ0) is 9.10. The maximum atomic E-state index is 5.36. The molecule has 0 bridgehead atoms. The number of nitrogens with zero attached hydrogens (tertiary/aromatic N) is 2. The quantitative estimate of drug-likeness (QED) is 0.707. The van der Waals surface area contributed by atoms with Crippen molar-refractivity contribution < 1.29 is 4.74 Å². The van der Waals surface area contributed by atoms with E-state index in [0.29, 0.717) is 6.04 Å². The highest BCUT2D eigenvalue weighted by Gasteiger charge is 2.13. The van der Waals surface area contributed by atoms with Crippen LogP contribution in [0.25, 0.3) is 0 Å². The maximum absolute atomic E-state index is 5.36. The molecule has 4 nitrogen and oxygen atoms in total. The van der Waals surface area contributed by atoms with Crippen LogP contribution in [0.2, 0.25) is 0 Å². The lowest BCUT2D eigenvalue weighted by atomic mass is 10.3. The molecule has 13 heavy (non-hydrogen) atoms. The van der Waals surface area contributed by atoms with Gasteiger partial charge in [-0.2, -0.15) is 5.10 Å². The first-order valence-corrected chi connectivity index (χ1v) is 4.65.